The molecule has 47 heavy (non-hydrogen) atoms. The Morgan fingerprint density at radius 1 is 0.830 bits per heavy atom. The van der Waals surface area contributed by atoms with Gasteiger partial charge in [-0.2, -0.15) is 0 Å². The lowest BCUT2D eigenvalue weighted by Crippen LogP contribution is -2.55. The summed E-state index contributed by atoms with van der Waals surface area (Å²) < 4.78 is 44.3. The van der Waals surface area contributed by atoms with Crippen LogP contribution in [-0.4, -0.2) is 43.8 Å². The first-order valence-electron chi connectivity index (χ1n) is 15.5. The maximum absolute atomic E-state index is 15.1. The zero-order chi connectivity index (χ0) is 33.4. The van der Waals surface area contributed by atoms with Crippen LogP contribution in [0.15, 0.2) is 108 Å². The van der Waals surface area contributed by atoms with Crippen molar-refractivity contribution in [2.45, 2.75) is 62.0 Å². The Balaban J connectivity index is 1.58. The van der Waals surface area contributed by atoms with Gasteiger partial charge >= 0.3 is 0 Å². The van der Waals surface area contributed by atoms with Crippen LogP contribution in [0.1, 0.15) is 43.2 Å². The molecule has 0 radical (unpaired) electrons. The van der Waals surface area contributed by atoms with E-state index in [1.165, 1.54) is 41.3 Å². The molecule has 0 spiro atoms. The van der Waals surface area contributed by atoms with E-state index in [0.29, 0.717) is 0 Å². The molecule has 246 valence electrons. The monoisotopic (exact) mass is 695 g/mol. The number of nitrogens with zero attached hydrogens (tertiary/aromatic N) is 2. The SMILES string of the molecule is O=C(NC1CCCCC1)[C@H](Cc1ccccc1)N(Cc1ccccc1F)C(=O)CN(c1cc(Cl)cc(Cl)c1)S(=O)(=O)c1ccccc1. The summed E-state index contributed by atoms with van der Waals surface area (Å²) in [6, 6.07) is 26.1. The highest BCUT2D eigenvalue weighted by Gasteiger charge is 2.36. The first-order chi connectivity index (χ1) is 22.6. The van der Waals surface area contributed by atoms with Gasteiger partial charge in [-0.1, -0.05) is 109 Å². The molecule has 0 unspecified atom stereocenters. The number of carbonyl (C=O) groups is 2. The first kappa shape index (κ1) is 34.4. The summed E-state index contributed by atoms with van der Waals surface area (Å²) in [5.41, 5.74) is 1.04. The second-order valence-electron chi connectivity index (χ2n) is 11.6. The lowest BCUT2D eigenvalue weighted by Gasteiger charge is -2.35. The van der Waals surface area contributed by atoms with Crippen molar-refractivity contribution in [2.24, 2.45) is 0 Å². The minimum Gasteiger partial charge on any atom is -0.352 e. The maximum Gasteiger partial charge on any atom is 0.264 e. The Labute approximate surface area is 285 Å². The summed E-state index contributed by atoms with van der Waals surface area (Å²) in [5, 5.41) is 3.48. The van der Waals surface area contributed by atoms with Gasteiger partial charge in [-0.05, 0) is 54.8 Å². The molecule has 11 heteroatoms. The topological polar surface area (TPSA) is 86.8 Å². The summed E-state index contributed by atoms with van der Waals surface area (Å²) in [6.07, 6.45) is 4.85. The molecule has 7 nitrogen and oxygen atoms in total. The van der Waals surface area contributed by atoms with Gasteiger partial charge in [0.25, 0.3) is 10.0 Å². The molecular weight excluding hydrogens is 660 g/mol. The molecule has 0 saturated heterocycles. The van der Waals surface area contributed by atoms with Crippen LogP contribution < -0.4 is 9.62 Å². The van der Waals surface area contributed by atoms with Crippen LogP contribution in [0.4, 0.5) is 10.1 Å². The van der Waals surface area contributed by atoms with Crippen molar-refractivity contribution in [3.63, 3.8) is 0 Å². The number of amides is 2. The molecule has 4 aromatic rings. The van der Waals surface area contributed by atoms with Crippen LogP contribution in [0.2, 0.25) is 10.0 Å². The summed E-state index contributed by atoms with van der Waals surface area (Å²) in [5.74, 6) is -1.64. The molecule has 1 saturated carbocycles. The maximum atomic E-state index is 15.1. The molecule has 5 rings (SSSR count). The van der Waals surface area contributed by atoms with Gasteiger partial charge in [0.2, 0.25) is 11.8 Å². The molecule has 0 bridgehead atoms. The normalized spacial score (nSPS) is 14.3. The average Bonchev–Trinajstić information content (AvgIpc) is 3.06. The summed E-state index contributed by atoms with van der Waals surface area (Å²) in [4.78, 5) is 29.9. The van der Waals surface area contributed by atoms with Gasteiger partial charge in [0, 0.05) is 34.6 Å². The molecule has 1 N–H and O–H groups in total. The largest absolute Gasteiger partial charge is 0.352 e. The Morgan fingerprint density at radius 3 is 2.06 bits per heavy atom. The van der Waals surface area contributed by atoms with E-state index in [0.717, 1.165) is 42.0 Å². The Morgan fingerprint density at radius 2 is 1.43 bits per heavy atom. The fourth-order valence-corrected chi connectivity index (χ4v) is 7.77. The second kappa shape index (κ2) is 15.8. The zero-order valence-electron chi connectivity index (χ0n) is 25.7. The van der Waals surface area contributed by atoms with E-state index in [4.69, 9.17) is 23.2 Å². The lowest BCUT2D eigenvalue weighted by atomic mass is 9.94. The van der Waals surface area contributed by atoms with Crippen molar-refractivity contribution < 1.29 is 22.4 Å². The van der Waals surface area contributed by atoms with Crippen molar-refractivity contribution in [3.05, 3.63) is 130 Å². The van der Waals surface area contributed by atoms with E-state index in [1.807, 2.05) is 30.3 Å². The van der Waals surface area contributed by atoms with Gasteiger partial charge in [0.15, 0.2) is 0 Å². The fourth-order valence-electron chi connectivity index (χ4n) is 5.84. The van der Waals surface area contributed by atoms with Gasteiger partial charge in [-0.25, -0.2) is 12.8 Å². The predicted molar refractivity (Wildman–Crippen MR) is 183 cm³/mol. The molecule has 0 aromatic heterocycles. The molecule has 4 aromatic carbocycles. The standard InChI is InChI=1S/C36H36Cl2FN3O4S/c37-28-21-29(38)23-31(22-28)42(47(45,46)32-17-8-3-9-18-32)25-35(43)41(24-27-14-10-11-19-33(27)39)34(20-26-12-4-1-5-13-26)36(44)40-30-15-6-2-7-16-30/h1,3-5,8-14,17-19,21-23,30,34H,2,6-7,15-16,20,24-25H2,(H,40,44)/t34-/m0/s1. The van der Waals surface area contributed by atoms with Crippen molar-refractivity contribution in [1.29, 1.82) is 0 Å². The van der Waals surface area contributed by atoms with Gasteiger partial charge in [0.05, 0.1) is 10.6 Å². The third-order valence-electron chi connectivity index (χ3n) is 8.27. The number of benzene rings is 4. The van der Waals surface area contributed by atoms with Gasteiger partial charge in [-0.15, -0.1) is 0 Å². The van der Waals surface area contributed by atoms with E-state index < -0.39 is 34.3 Å². The van der Waals surface area contributed by atoms with Gasteiger partial charge in [-0.3, -0.25) is 13.9 Å². The van der Waals surface area contributed by atoms with Crippen LogP contribution >= 0.6 is 23.2 Å². The molecule has 1 aliphatic rings. The highest BCUT2D eigenvalue weighted by Crippen LogP contribution is 2.30. The van der Waals surface area contributed by atoms with Gasteiger partial charge < -0.3 is 10.2 Å². The third-order valence-corrected chi connectivity index (χ3v) is 10.5. The van der Waals surface area contributed by atoms with Crippen LogP contribution in [0.3, 0.4) is 0 Å². The number of carbonyl (C=O) groups excluding carboxylic acids is 2. The second-order valence-corrected chi connectivity index (χ2v) is 14.3. The van der Waals surface area contributed by atoms with Crippen LogP contribution in [0, 0.1) is 5.82 Å². The van der Waals surface area contributed by atoms with E-state index in [-0.39, 0.29) is 51.1 Å². The van der Waals surface area contributed by atoms with Crippen molar-refractivity contribution in [1.82, 2.24) is 10.2 Å². The number of hydrogen-bond acceptors (Lipinski definition) is 4. The lowest BCUT2D eigenvalue weighted by molar-refractivity contribution is -0.140. The summed E-state index contributed by atoms with van der Waals surface area (Å²) in [7, 11) is -4.33. The number of anilines is 1. The number of rotatable bonds is 12. The minimum atomic E-state index is -4.33. The highest BCUT2D eigenvalue weighted by molar-refractivity contribution is 7.92. The number of sulfonamides is 1. The number of hydrogen-bond donors (Lipinski definition) is 1. The fraction of sp³-hybridized carbons (Fsp3) is 0.278. The molecule has 0 heterocycles. The third kappa shape index (κ3) is 8.91. The van der Waals surface area contributed by atoms with Crippen molar-refractivity contribution in [2.75, 3.05) is 10.8 Å². The number of halogens is 3. The van der Waals surface area contributed by atoms with E-state index in [2.05, 4.69) is 5.32 Å². The zero-order valence-corrected chi connectivity index (χ0v) is 28.0. The van der Waals surface area contributed by atoms with E-state index in [1.54, 1.807) is 36.4 Å². The molecule has 2 amide bonds. The van der Waals surface area contributed by atoms with Crippen LogP contribution in [0.5, 0.6) is 0 Å². The Hall–Kier alpha value is -3.92. The predicted octanol–water partition coefficient (Wildman–Crippen LogP) is 7.42. The quantitative estimate of drug-likeness (QED) is 0.167. The molecular formula is C36H36Cl2FN3O4S. The Kier molecular flexibility index (Phi) is 11.6. The molecule has 1 aliphatic carbocycles. The number of nitrogens with one attached hydrogen (secondary N) is 1. The van der Waals surface area contributed by atoms with Crippen molar-refractivity contribution >= 4 is 50.7 Å². The van der Waals surface area contributed by atoms with Crippen molar-refractivity contribution in [3.8, 4) is 0 Å². The first-order valence-corrected chi connectivity index (χ1v) is 17.7. The summed E-state index contributed by atoms with van der Waals surface area (Å²) in [6.45, 7) is -0.971. The summed E-state index contributed by atoms with van der Waals surface area (Å²) >= 11 is 12.6. The molecule has 1 atom stereocenters. The average molecular weight is 697 g/mol. The molecule has 1 fully saturated rings. The van der Waals surface area contributed by atoms with Crippen LogP contribution in [0.25, 0.3) is 0 Å². The van der Waals surface area contributed by atoms with E-state index >= 15 is 4.39 Å². The minimum absolute atomic E-state index is 0.0523. The van der Waals surface area contributed by atoms with E-state index in [9.17, 15) is 18.0 Å². The smallest absolute Gasteiger partial charge is 0.264 e. The Bertz CT molecular complexity index is 1770. The highest BCUT2D eigenvalue weighted by atomic mass is 35.5. The van der Waals surface area contributed by atoms with Crippen LogP contribution in [-0.2, 0) is 32.6 Å². The van der Waals surface area contributed by atoms with Gasteiger partial charge in [0.1, 0.15) is 18.4 Å². The molecule has 0 aliphatic heterocycles.